The highest BCUT2D eigenvalue weighted by Crippen LogP contribution is 2.40. The van der Waals surface area contributed by atoms with Crippen LogP contribution in [0.25, 0.3) is 22.4 Å². The molecule has 34 heavy (non-hydrogen) atoms. The van der Waals surface area contributed by atoms with E-state index in [-0.39, 0.29) is 46.2 Å². The number of hydrogen-bond acceptors (Lipinski definition) is 7. The zero-order valence-electron chi connectivity index (χ0n) is 18.0. The van der Waals surface area contributed by atoms with Crippen LogP contribution in [0.15, 0.2) is 54.6 Å². The van der Waals surface area contributed by atoms with Gasteiger partial charge in [0.25, 0.3) is 0 Å². The molecule has 0 fully saturated rings. The second-order valence-electron chi connectivity index (χ2n) is 7.52. The molecule has 5 rings (SSSR count). The lowest BCUT2D eigenvalue weighted by Crippen LogP contribution is -2.24. The fourth-order valence-corrected chi connectivity index (χ4v) is 3.95. The summed E-state index contributed by atoms with van der Waals surface area (Å²) >= 11 is 0. The van der Waals surface area contributed by atoms with Crippen LogP contribution in [0.2, 0.25) is 0 Å². The molecule has 0 saturated heterocycles. The highest BCUT2D eigenvalue weighted by atomic mass is 35.5. The van der Waals surface area contributed by atoms with Crippen molar-refractivity contribution in [2.45, 2.75) is 13.8 Å². The number of imidazole rings is 1. The van der Waals surface area contributed by atoms with E-state index in [1.54, 1.807) is 6.07 Å². The van der Waals surface area contributed by atoms with Gasteiger partial charge in [0.05, 0.1) is 22.2 Å². The van der Waals surface area contributed by atoms with Crippen molar-refractivity contribution in [3.05, 3.63) is 76.9 Å². The van der Waals surface area contributed by atoms with E-state index in [2.05, 4.69) is 9.97 Å². The van der Waals surface area contributed by atoms with Crippen LogP contribution in [0.4, 0.5) is 0 Å². The van der Waals surface area contributed by atoms with Crippen LogP contribution in [0.1, 0.15) is 45.7 Å². The van der Waals surface area contributed by atoms with Crippen LogP contribution >= 0.6 is 12.4 Å². The topological polar surface area (TPSA) is 115 Å². The number of aromatic amines is 1. The van der Waals surface area contributed by atoms with Gasteiger partial charge in [0.1, 0.15) is 17.3 Å². The van der Waals surface area contributed by atoms with Crippen LogP contribution in [0, 0.1) is 0 Å². The van der Waals surface area contributed by atoms with E-state index in [0.717, 1.165) is 11.0 Å². The normalized spacial score (nSPS) is 11.9. The van der Waals surface area contributed by atoms with Gasteiger partial charge in [-0.05, 0) is 30.3 Å². The van der Waals surface area contributed by atoms with Crippen molar-refractivity contribution in [1.82, 2.24) is 9.97 Å². The van der Waals surface area contributed by atoms with Gasteiger partial charge in [-0.3, -0.25) is 19.2 Å². The number of fused-ring (bicyclic) bond motifs is 3. The average molecular weight is 477 g/mol. The second kappa shape index (κ2) is 8.57. The van der Waals surface area contributed by atoms with Gasteiger partial charge in [-0.15, -0.1) is 12.4 Å². The summed E-state index contributed by atoms with van der Waals surface area (Å²) in [6, 6.07) is 14.9. The number of ketones is 2. The van der Waals surface area contributed by atoms with Crippen molar-refractivity contribution >= 4 is 46.9 Å². The average Bonchev–Trinajstić information content (AvgIpc) is 3.20. The highest BCUT2D eigenvalue weighted by Gasteiger charge is 2.36. The molecule has 3 aromatic carbocycles. The summed E-state index contributed by atoms with van der Waals surface area (Å²) in [6.45, 7) is 2.40. The number of rotatable bonds is 3. The molecule has 1 heterocycles. The third-order valence-corrected chi connectivity index (χ3v) is 5.24. The van der Waals surface area contributed by atoms with Crippen molar-refractivity contribution < 1.29 is 28.7 Å². The predicted molar refractivity (Wildman–Crippen MR) is 125 cm³/mol. The molecule has 9 heteroatoms. The van der Waals surface area contributed by atoms with Crippen molar-refractivity contribution in [2.75, 3.05) is 0 Å². The number of para-hydroxylation sites is 2. The summed E-state index contributed by atoms with van der Waals surface area (Å²) in [6.07, 6.45) is 0. The van der Waals surface area contributed by atoms with E-state index >= 15 is 0 Å². The number of nitrogens with one attached hydrogen (secondary N) is 1. The van der Waals surface area contributed by atoms with Crippen LogP contribution < -0.4 is 9.47 Å². The minimum atomic E-state index is -0.654. The number of hydrogen-bond donors (Lipinski definition) is 1. The molecule has 1 aliphatic rings. The summed E-state index contributed by atoms with van der Waals surface area (Å²) in [4.78, 5) is 58.0. The van der Waals surface area contributed by atoms with Crippen LogP contribution in [-0.4, -0.2) is 33.5 Å². The molecule has 0 amide bonds. The Kier molecular flexibility index (Phi) is 5.76. The van der Waals surface area contributed by atoms with E-state index in [1.165, 1.54) is 38.1 Å². The third-order valence-electron chi connectivity index (χ3n) is 5.24. The van der Waals surface area contributed by atoms with Crippen LogP contribution in [-0.2, 0) is 9.59 Å². The standard InChI is InChI=1S/C25H16N2O6.ClH/c1-12(28)32-19-9-5-6-15-21(19)24(31)22-16(23(15)30)10-14(11-20(22)33-13(2)29)25-26-17-7-3-4-8-18(17)27-25;/h3-11H,1-2H3,(H,26,27);1H. The number of carbonyl (C=O) groups excluding carboxylic acids is 4. The Balaban J connectivity index is 0.00000274. The van der Waals surface area contributed by atoms with E-state index < -0.39 is 23.5 Å². The van der Waals surface area contributed by atoms with Gasteiger partial charge in [-0.2, -0.15) is 0 Å². The molecular weight excluding hydrogens is 460 g/mol. The Morgan fingerprint density at radius 2 is 1.47 bits per heavy atom. The van der Waals surface area contributed by atoms with Gasteiger partial charge in [0.15, 0.2) is 5.78 Å². The maximum atomic E-state index is 13.5. The van der Waals surface area contributed by atoms with Gasteiger partial charge >= 0.3 is 11.9 Å². The van der Waals surface area contributed by atoms with Crippen LogP contribution in [0.5, 0.6) is 11.5 Å². The lowest BCUT2D eigenvalue weighted by Gasteiger charge is -2.22. The Bertz CT molecular complexity index is 1490. The Hall–Kier alpha value is -4.30. The summed E-state index contributed by atoms with van der Waals surface area (Å²) < 4.78 is 10.5. The van der Waals surface area contributed by atoms with Crippen molar-refractivity contribution in [1.29, 1.82) is 0 Å². The minimum Gasteiger partial charge on any atom is -0.426 e. The molecule has 1 aliphatic carbocycles. The molecule has 0 unspecified atom stereocenters. The van der Waals surface area contributed by atoms with E-state index in [1.807, 2.05) is 24.3 Å². The molecule has 0 atom stereocenters. The molecule has 170 valence electrons. The summed E-state index contributed by atoms with van der Waals surface area (Å²) in [5.41, 5.74) is 2.04. The molecule has 0 aliphatic heterocycles. The number of H-pyrrole nitrogens is 1. The molecular formula is C25H17ClN2O6. The molecule has 0 saturated carbocycles. The van der Waals surface area contributed by atoms with Gasteiger partial charge in [0.2, 0.25) is 5.78 Å². The SMILES string of the molecule is CC(=O)Oc1cccc2c1C(=O)c1c(OC(C)=O)cc(-c3nc4ccccc4[nH]3)cc1C2=O.Cl. The lowest BCUT2D eigenvalue weighted by molar-refractivity contribution is -0.132. The van der Waals surface area contributed by atoms with E-state index in [4.69, 9.17) is 9.47 Å². The first-order valence-corrected chi connectivity index (χ1v) is 10.1. The Morgan fingerprint density at radius 3 is 2.18 bits per heavy atom. The molecule has 1 aromatic heterocycles. The fraction of sp³-hybridized carbons (Fsp3) is 0.0800. The third kappa shape index (κ3) is 3.74. The maximum Gasteiger partial charge on any atom is 0.308 e. The quantitative estimate of drug-likeness (QED) is 0.305. The zero-order chi connectivity index (χ0) is 23.3. The number of esters is 2. The number of aromatic nitrogens is 2. The molecule has 4 aromatic rings. The molecule has 8 nitrogen and oxygen atoms in total. The number of halogens is 1. The second-order valence-corrected chi connectivity index (χ2v) is 7.52. The Labute approximate surface area is 199 Å². The molecule has 0 radical (unpaired) electrons. The highest BCUT2D eigenvalue weighted by molar-refractivity contribution is 6.30. The molecule has 0 spiro atoms. The van der Waals surface area contributed by atoms with Gasteiger partial charge in [0, 0.05) is 30.5 Å². The van der Waals surface area contributed by atoms with E-state index in [9.17, 15) is 19.2 Å². The van der Waals surface area contributed by atoms with E-state index in [0.29, 0.717) is 11.4 Å². The van der Waals surface area contributed by atoms with Crippen LogP contribution in [0.3, 0.4) is 0 Å². The molecule has 0 bridgehead atoms. The fourth-order valence-electron chi connectivity index (χ4n) is 3.95. The van der Waals surface area contributed by atoms with Crippen molar-refractivity contribution in [3.63, 3.8) is 0 Å². The van der Waals surface area contributed by atoms with Crippen molar-refractivity contribution in [3.8, 4) is 22.9 Å². The zero-order valence-corrected chi connectivity index (χ0v) is 18.8. The minimum absolute atomic E-state index is 0. The maximum absolute atomic E-state index is 13.5. The van der Waals surface area contributed by atoms with Gasteiger partial charge in [-0.1, -0.05) is 24.3 Å². The van der Waals surface area contributed by atoms with Gasteiger partial charge < -0.3 is 14.5 Å². The molecule has 1 N–H and O–H groups in total. The largest absolute Gasteiger partial charge is 0.426 e. The summed E-state index contributed by atoms with van der Waals surface area (Å²) in [5, 5.41) is 0. The smallest absolute Gasteiger partial charge is 0.308 e. The predicted octanol–water partition coefficient (Wildman–Crippen LogP) is 4.28. The first-order valence-electron chi connectivity index (χ1n) is 10.1. The number of nitrogens with zero attached hydrogens (tertiary/aromatic N) is 1. The summed E-state index contributed by atoms with van der Waals surface area (Å²) in [7, 11) is 0. The number of ether oxygens (including phenoxy) is 2. The monoisotopic (exact) mass is 476 g/mol. The first-order chi connectivity index (χ1) is 15.8. The van der Waals surface area contributed by atoms with Crippen molar-refractivity contribution in [2.24, 2.45) is 0 Å². The van der Waals surface area contributed by atoms with Gasteiger partial charge in [-0.25, -0.2) is 4.98 Å². The number of carbonyl (C=O) groups is 4. The summed E-state index contributed by atoms with van der Waals surface area (Å²) in [5.74, 6) is -1.97. The Morgan fingerprint density at radius 1 is 0.794 bits per heavy atom. The number of benzene rings is 3. The first kappa shape index (κ1) is 22.9. The lowest BCUT2D eigenvalue weighted by atomic mass is 9.82.